The summed E-state index contributed by atoms with van der Waals surface area (Å²) < 4.78 is 0. The van der Waals surface area contributed by atoms with Gasteiger partial charge in [-0.2, -0.15) is 5.26 Å². The summed E-state index contributed by atoms with van der Waals surface area (Å²) >= 11 is 0. The van der Waals surface area contributed by atoms with Crippen LogP contribution in [0.3, 0.4) is 0 Å². The molecule has 0 bridgehead atoms. The zero-order valence-corrected chi connectivity index (χ0v) is 10.8. The van der Waals surface area contributed by atoms with Gasteiger partial charge in [-0.05, 0) is 13.8 Å². The predicted molar refractivity (Wildman–Crippen MR) is 68.0 cm³/mol. The van der Waals surface area contributed by atoms with Crippen LogP contribution in [0.15, 0.2) is 12.4 Å². The molecule has 1 rings (SSSR count). The number of nitrogens with zero attached hydrogens (tertiary/aromatic N) is 4. The van der Waals surface area contributed by atoms with Gasteiger partial charge in [0, 0.05) is 19.6 Å². The van der Waals surface area contributed by atoms with Gasteiger partial charge in [0.15, 0.2) is 0 Å². The lowest BCUT2D eigenvalue weighted by molar-refractivity contribution is 0.0704. The quantitative estimate of drug-likeness (QED) is 0.847. The molecule has 1 heterocycles. The molecule has 0 saturated carbocycles. The minimum absolute atomic E-state index is 0.0193. The van der Waals surface area contributed by atoms with E-state index in [1.165, 1.54) is 6.20 Å². The van der Waals surface area contributed by atoms with Crippen LogP contribution in [0.5, 0.6) is 0 Å². The molecule has 1 aromatic heterocycles. The number of hydrogen-bond acceptors (Lipinski definition) is 5. The molecule has 0 fully saturated rings. The Bertz CT molecular complexity index is 452. The maximum absolute atomic E-state index is 12.2. The smallest absolute Gasteiger partial charge is 0.274 e. The first-order chi connectivity index (χ1) is 8.60. The largest absolute Gasteiger partial charge is 0.372 e. The predicted octanol–water partition coefficient (Wildman–Crippen LogP) is 1.28. The molecular formula is C12H17N5O. The molecule has 6 heteroatoms. The van der Waals surface area contributed by atoms with Crippen molar-refractivity contribution in [1.29, 1.82) is 5.26 Å². The summed E-state index contributed by atoms with van der Waals surface area (Å²) in [4.78, 5) is 22.0. The molecule has 18 heavy (non-hydrogen) atoms. The summed E-state index contributed by atoms with van der Waals surface area (Å²) in [6, 6.07) is 2.06. The molecule has 0 spiro atoms. The highest BCUT2D eigenvalue weighted by Crippen LogP contribution is 2.08. The first kappa shape index (κ1) is 13.9. The standard InChI is InChI=1S/C12H17N5O/c1-9(2)17(6-4-5-13)12(18)10-7-15-8-11(14-3)16-10/h7-9H,4,6H2,1-3H3,(H,14,16). The van der Waals surface area contributed by atoms with Crippen LogP contribution in [0.4, 0.5) is 5.82 Å². The lowest BCUT2D eigenvalue weighted by Gasteiger charge is -2.25. The van der Waals surface area contributed by atoms with Gasteiger partial charge in [0.1, 0.15) is 11.5 Å². The molecule has 0 aromatic carbocycles. The number of hydrogen-bond donors (Lipinski definition) is 1. The summed E-state index contributed by atoms with van der Waals surface area (Å²) in [6.45, 7) is 4.22. The van der Waals surface area contributed by atoms with Crippen LogP contribution in [0, 0.1) is 11.3 Å². The first-order valence-electron chi connectivity index (χ1n) is 5.77. The van der Waals surface area contributed by atoms with Gasteiger partial charge in [0.05, 0.1) is 24.9 Å². The van der Waals surface area contributed by atoms with Crippen LogP contribution in [0.2, 0.25) is 0 Å². The molecule has 6 nitrogen and oxygen atoms in total. The minimum atomic E-state index is -0.204. The van der Waals surface area contributed by atoms with Crippen LogP contribution < -0.4 is 5.32 Å². The van der Waals surface area contributed by atoms with E-state index in [-0.39, 0.29) is 17.6 Å². The fourth-order valence-corrected chi connectivity index (χ4v) is 1.50. The Morgan fingerprint density at radius 2 is 2.28 bits per heavy atom. The van der Waals surface area contributed by atoms with Crippen molar-refractivity contribution in [3.05, 3.63) is 18.1 Å². The Balaban J connectivity index is 2.91. The highest BCUT2D eigenvalue weighted by Gasteiger charge is 2.20. The molecule has 1 aromatic rings. The van der Waals surface area contributed by atoms with Gasteiger partial charge in [-0.15, -0.1) is 0 Å². The summed E-state index contributed by atoms with van der Waals surface area (Å²) in [5.74, 6) is 0.342. The van der Waals surface area contributed by atoms with Gasteiger partial charge in [0.2, 0.25) is 0 Å². The third-order valence-corrected chi connectivity index (χ3v) is 2.46. The van der Waals surface area contributed by atoms with Crippen LogP contribution >= 0.6 is 0 Å². The van der Waals surface area contributed by atoms with Crippen molar-refractivity contribution in [1.82, 2.24) is 14.9 Å². The zero-order chi connectivity index (χ0) is 13.5. The molecule has 0 unspecified atom stereocenters. The highest BCUT2D eigenvalue weighted by atomic mass is 16.2. The number of carbonyl (C=O) groups is 1. The van der Waals surface area contributed by atoms with Crippen molar-refractivity contribution >= 4 is 11.7 Å². The average molecular weight is 247 g/mol. The molecule has 0 saturated heterocycles. The van der Waals surface area contributed by atoms with Crippen molar-refractivity contribution in [2.75, 3.05) is 18.9 Å². The van der Waals surface area contributed by atoms with Crippen molar-refractivity contribution < 1.29 is 4.79 Å². The van der Waals surface area contributed by atoms with Gasteiger partial charge < -0.3 is 10.2 Å². The van der Waals surface area contributed by atoms with E-state index in [9.17, 15) is 4.79 Å². The molecule has 1 amide bonds. The Labute approximate surface area is 107 Å². The second kappa shape index (κ2) is 6.55. The lowest BCUT2D eigenvalue weighted by Crippen LogP contribution is -2.38. The van der Waals surface area contributed by atoms with Crippen molar-refractivity contribution in [2.45, 2.75) is 26.3 Å². The number of nitrogens with one attached hydrogen (secondary N) is 1. The van der Waals surface area contributed by atoms with E-state index in [1.54, 1.807) is 18.1 Å². The van der Waals surface area contributed by atoms with Gasteiger partial charge in [-0.25, -0.2) is 4.98 Å². The molecule has 0 aliphatic heterocycles. The Morgan fingerprint density at radius 1 is 1.56 bits per heavy atom. The Kier molecular flexibility index (Phi) is 5.06. The minimum Gasteiger partial charge on any atom is -0.372 e. The summed E-state index contributed by atoms with van der Waals surface area (Å²) in [5.41, 5.74) is 0.286. The maximum Gasteiger partial charge on any atom is 0.274 e. The Morgan fingerprint density at radius 3 is 2.83 bits per heavy atom. The van der Waals surface area contributed by atoms with Crippen LogP contribution in [-0.4, -0.2) is 40.4 Å². The molecule has 0 atom stereocenters. The molecule has 0 radical (unpaired) electrons. The van der Waals surface area contributed by atoms with E-state index in [1.807, 2.05) is 19.9 Å². The second-order valence-corrected chi connectivity index (χ2v) is 4.04. The van der Waals surface area contributed by atoms with Crippen molar-refractivity contribution in [3.8, 4) is 6.07 Å². The molecule has 1 N–H and O–H groups in total. The third kappa shape index (κ3) is 3.42. The monoisotopic (exact) mass is 247 g/mol. The molecular weight excluding hydrogens is 230 g/mol. The Hall–Kier alpha value is -2.16. The molecule has 0 aliphatic rings. The van der Waals surface area contributed by atoms with Gasteiger partial charge >= 0.3 is 0 Å². The first-order valence-corrected chi connectivity index (χ1v) is 5.77. The number of anilines is 1. The fourth-order valence-electron chi connectivity index (χ4n) is 1.50. The van der Waals surface area contributed by atoms with E-state index in [2.05, 4.69) is 15.3 Å². The number of carbonyl (C=O) groups excluding carboxylic acids is 1. The normalized spacial score (nSPS) is 9.94. The van der Waals surface area contributed by atoms with Crippen molar-refractivity contribution in [2.24, 2.45) is 0 Å². The van der Waals surface area contributed by atoms with E-state index in [4.69, 9.17) is 5.26 Å². The van der Waals surface area contributed by atoms with Crippen LogP contribution in [-0.2, 0) is 0 Å². The van der Waals surface area contributed by atoms with E-state index < -0.39 is 0 Å². The van der Waals surface area contributed by atoms with Crippen LogP contribution in [0.1, 0.15) is 30.8 Å². The number of rotatable bonds is 5. The SMILES string of the molecule is CNc1cncc(C(=O)N(CCC#N)C(C)C)n1. The molecule has 96 valence electrons. The highest BCUT2D eigenvalue weighted by molar-refractivity contribution is 5.92. The summed E-state index contributed by atoms with van der Waals surface area (Å²) in [5, 5.41) is 11.4. The fraction of sp³-hybridized carbons (Fsp3) is 0.500. The molecule has 0 aliphatic carbocycles. The maximum atomic E-state index is 12.2. The number of aromatic nitrogens is 2. The lowest BCUT2D eigenvalue weighted by atomic mass is 10.2. The van der Waals surface area contributed by atoms with Crippen molar-refractivity contribution in [3.63, 3.8) is 0 Å². The topological polar surface area (TPSA) is 81.9 Å². The van der Waals surface area contributed by atoms with Gasteiger partial charge in [-0.1, -0.05) is 0 Å². The van der Waals surface area contributed by atoms with Crippen LogP contribution in [0.25, 0.3) is 0 Å². The van der Waals surface area contributed by atoms with E-state index in [0.717, 1.165) is 0 Å². The average Bonchev–Trinajstić information content (AvgIpc) is 2.38. The van der Waals surface area contributed by atoms with Gasteiger partial charge in [0.25, 0.3) is 5.91 Å². The van der Waals surface area contributed by atoms with E-state index >= 15 is 0 Å². The number of amides is 1. The zero-order valence-electron chi connectivity index (χ0n) is 10.8. The van der Waals surface area contributed by atoms with E-state index in [0.29, 0.717) is 18.8 Å². The van der Waals surface area contributed by atoms with Gasteiger partial charge in [-0.3, -0.25) is 9.78 Å². The number of nitriles is 1. The summed E-state index contributed by atoms with van der Waals surface area (Å²) in [6.07, 6.45) is 3.29. The summed E-state index contributed by atoms with van der Waals surface area (Å²) in [7, 11) is 1.72. The third-order valence-electron chi connectivity index (χ3n) is 2.46. The second-order valence-electron chi connectivity index (χ2n) is 4.04.